The Kier molecular flexibility index (Phi) is 10.1. The lowest BCUT2D eigenvalue weighted by Gasteiger charge is -2.10. The Morgan fingerprint density at radius 1 is 0.775 bits per heavy atom. The van der Waals surface area contributed by atoms with Crippen LogP contribution >= 0.6 is 24.1 Å². The molecule has 0 fully saturated rings. The van der Waals surface area contributed by atoms with Gasteiger partial charge in [-0.1, -0.05) is 10.1 Å². The number of nitrogens with zero attached hydrogens (tertiary/aromatic N) is 4. The van der Waals surface area contributed by atoms with E-state index in [4.69, 9.17) is 15.3 Å². The van der Waals surface area contributed by atoms with E-state index in [9.17, 15) is 10.2 Å². The molecule has 0 atom stereocenters. The molecule has 0 heterocycles. The van der Waals surface area contributed by atoms with Crippen LogP contribution in [-0.4, -0.2) is 34.9 Å². The van der Waals surface area contributed by atoms with E-state index in [1.54, 1.807) is 55.6 Å². The lowest BCUT2D eigenvalue weighted by Crippen LogP contribution is -1.88. The SMILES string of the molecule is CNc1ccc2c(O)c(N=Nc3cc(OC)c(N=Nc4ccc(SOOO)cc4)cc3O)c(SOOO)cc2c1. The van der Waals surface area contributed by atoms with Crippen LogP contribution in [0.5, 0.6) is 17.2 Å². The van der Waals surface area contributed by atoms with E-state index in [1.165, 1.54) is 19.2 Å². The highest BCUT2D eigenvalue weighted by atomic mass is 32.2. The number of phenolic OH excluding ortho intramolecular Hbond substituents is 2. The molecule has 0 saturated carbocycles. The molecular formula is C24H21N5O9S2. The maximum absolute atomic E-state index is 10.9. The molecular weight excluding hydrogens is 566 g/mol. The number of ether oxygens (including phenoxy) is 1. The lowest BCUT2D eigenvalue weighted by molar-refractivity contribution is -0.432. The molecule has 4 aromatic rings. The van der Waals surface area contributed by atoms with Crippen molar-refractivity contribution in [1.82, 2.24) is 0 Å². The van der Waals surface area contributed by atoms with Gasteiger partial charge < -0.3 is 20.3 Å². The van der Waals surface area contributed by atoms with Gasteiger partial charge in [-0.05, 0) is 53.9 Å². The maximum atomic E-state index is 10.9. The van der Waals surface area contributed by atoms with Gasteiger partial charge in [0.25, 0.3) is 0 Å². The topological polar surface area (TPSA) is 189 Å². The zero-order valence-corrected chi connectivity index (χ0v) is 22.3. The highest BCUT2D eigenvalue weighted by molar-refractivity contribution is 7.94. The van der Waals surface area contributed by atoms with Gasteiger partial charge in [0.1, 0.15) is 28.6 Å². The number of nitrogens with one attached hydrogen (secondary N) is 1. The molecule has 0 unspecified atom stereocenters. The minimum atomic E-state index is -0.283. The van der Waals surface area contributed by atoms with Gasteiger partial charge in [0.2, 0.25) is 0 Å². The third kappa shape index (κ3) is 6.95. The second-order valence-corrected chi connectivity index (χ2v) is 9.13. The number of hydrogen-bond donors (Lipinski definition) is 5. The van der Waals surface area contributed by atoms with E-state index in [2.05, 4.69) is 44.5 Å². The minimum absolute atomic E-state index is 0.00597. The summed E-state index contributed by atoms with van der Waals surface area (Å²) in [6.45, 7) is 0. The minimum Gasteiger partial charge on any atom is -0.506 e. The molecule has 0 amide bonds. The zero-order valence-electron chi connectivity index (χ0n) is 20.7. The number of hydrogen-bond acceptors (Lipinski definition) is 16. The quantitative estimate of drug-likeness (QED) is 0.0465. The molecule has 208 valence electrons. The second kappa shape index (κ2) is 13.9. The summed E-state index contributed by atoms with van der Waals surface area (Å²) < 4.78 is 14.3. The van der Waals surface area contributed by atoms with Crippen LogP contribution in [0.15, 0.2) is 90.9 Å². The normalized spacial score (nSPS) is 11.6. The van der Waals surface area contributed by atoms with E-state index in [0.717, 1.165) is 17.7 Å². The van der Waals surface area contributed by atoms with E-state index in [-0.39, 0.29) is 39.2 Å². The fraction of sp³-hybridized carbons (Fsp3) is 0.0833. The molecule has 0 aliphatic rings. The molecule has 40 heavy (non-hydrogen) atoms. The van der Waals surface area contributed by atoms with Crippen LogP contribution in [0.25, 0.3) is 10.8 Å². The van der Waals surface area contributed by atoms with Gasteiger partial charge in [0.15, 0.2) is 5.75 Å². The van der Waals surface area contributed by atoms with Gasteiger partial charge in [0, 0.05) is 35.1 Å². The number of fused-ring (bicyclic) bond motifs is 1. The van der Waals surface area contributed by atoms with Crippen LogP contribution in [-0.2, 0) is 18.7 Å². The molecule has 0 aliphatic heterocycles. The predicted octanol–water partition coefficient (Wildman–Crippen LogP) is 7.99. The van der Waals surface area contributed by atoms with Crippen molar-refractivity contribution >= 4 is 63.3 Å². The van der Waals surface area contributed by atoms with Crippen molar-refractivity contribution in [3.8, 4) is 17.2 Å². The van der Waals surface area contributed by atoms with Crippen molar-refractivity contribution in [3.63, 3.8) is 0 Å². The van der Waals surface area contributed by atoms with E-state index in [0.29, 0.717) is 33.4 Å². The van der Waals surface area contributed by atoms with Crippen LogP contribution in [0, 0.1) is 0 Å². The van der Waals surface area contributed by atoms with Gasteiger partial charge in [-0.3, -0.25) is 0 Å². The smallest absolute Gasteiger partial charge is 0.152 e. The number of benzene rings is 4. The Labute approximate surface area is 235 Å². The highest BCUT2D eigenvalue weighted by Crippen LogP contribution is 2.46. The number of azo groups is 2. The van der Waals surface area contributed by atoms with Gasteiger partial charge >= 0.3 is 0 Å². The van der Waals surface area contributed by atoms with E-state index < -0.39 is 0 Å². The third-order valence-electron chi connectivity index (χ3n) is 5.30. The molecule has 4 aromatic carbocycles. The first-order valence-electron chi connectivity index (χ1n) is 11.1. The van der Waals surface area contributed by atoms with Crippen molar-refractivity contribution in [2.24, 2.45) is 20.5 Å². The van der Waals surface area contributed by atoms with Crippen molar-refractivity contribution in [2.75, 3.05) is 19.5 Å². The number of anilines is 1. The van der Waals surface area contributed by atoms with Gasteiger partial charge in [-0.25, -0.2) is 10.5 Å². The second-order valence-electron chi connectivity index (χ2n) is 7.62. The number of rotatable bonds is 12. The Balaban J connectivity index is 1.64. The molecule has 16 heteroatoms. The van der Waals surface area contributed by atoms with Gasteiger partial charge in [-0.15, -0.1) is 24.0 Å². The number of phenols is 2. The molecule has 0 radical (unpaired) electrons. The Morgan fingerprint density at radius 3 is 2.20 bits per heavy atom. The average molecular weight is 588 g/mol. The van der Waals surface area contributed by atoms with Crippen molar-refractivity contribution in [3.05, 3.63) is 60.7 Å². The largest absolute Gasteiger partial charge is 0.506 e. The van der Waals surface area contributed by atoms with Crippen LogP contribution < -0.4 is 10.1 Å². The van der Waals surface area contributed by atoms with Crippen LogP contribution in [0.1, 0.15) is 0 Å². The monoisotopic (exact) mass is 587 g/mol. The lowest BCUT2D eigenvalue weighted by atomic mass is 10.1. The summed E-state index contributed by atoms with van der Waals surface area (Å²) in [5, 5.41) is 66.3. The van der Waals surface area contributed by atoms with Crippen LogP contribution in [0.4, 0.5) is 28.4 Å². The summed E-state index contributed by atoms with van der Waals surface area (Å²) in [5.74, 6) is -0.246. The standard InChI is InChI=1S/C24H21N5O9S2/c1-25-15-5-8-17-13(9-15)10-22(40-38-36-33)23(24(17)31)29-27-18-12-21(34-2)19(11-20(18)30)28-26-14-3-6-16(7-4-14)39-37-35-32/h3-12,25,30-33H,1-2H3. The van der Waals surface area contributed by atoms with E-state index in [1.807, 2.05) is 0 Å². The molecule has 14 nitrogen and oxygen atoms in total. The molecule has 0 spiro atoms. The maximum Gasteiger partial charge on any atom is 0.152 e. The first-order chi connectivity index (χ1) is 19.5. The average Bonchev–Trinajstić information content (AvgIpc) is 2.98. The molecule has 5 N–H and O–H groups in total. The summed E-state index contributed by atoms with van der Waals surface area (Å²) in [6, 6.07) is 16.3. The first kappa shape index (κ1) is 29.0. The molecule has 4 rings (SSSR count). The summed E-state index contributed by atoms with van der Waals surface area (Å²) in [6.07, 6.45) is 0. The predicted molar refractivity (Wildman–Crippen MR) is 146 cm³/mol. The fourth-order valence-electron chi connectivity index (χ4n) is 3.43. The van der Waals surface area contributed by atoms with Crippen LogP contribution in [0.2, 0.25) is 0 Å². The molecule has 0 saturated heterocycles. The fourth-order valence-corrected chi connectivity index (χ4v) is 4.28. The van der Waals surface area contributed by atoms with Gasteiger partial charge in [0.05, 0.1) is 41.8 Å². The van der Waals surface area contributed by atoms with E-state index >= 15 is 0 Å². The van der Waals surface area contributed by atoms with Gasteiger partial charge in [-0.2, -0.15) is 5.11 Å². The molecule has 0 bridgehead atoms. The molecule has 0 aromatic heterocycles. The highest BCUT2D eigenvalue weighted by Gasteiger charge is 2.16. The van der Waals surface area contributed by atoms with Crippen molar-refractivity contribution in [1.29, 1.82) is 0 Å². The third-order valence-corrected chi connectivity index (χ3v) is 6.51. The summed E-state index contributed by atoms with van der Waals surface area (Å²) >= 11 is 1.40. The summed E-state index contributed by atoms with van der Waals surface area (Å²) in [4.78, 5) is 0.919. The summed E-state index contributed by atoms with van der Waals surface area (Å²) in [5.41, 5.74) is 1.54. The molecule has 0 aliphatic carbocycles. The van der Waals surface area contributed by atoms with Crippen molar-refractivity contribution in [2.45, 2.75) is 9.79 Å². The van der Waals surface area contributed by atoms with Crippen molar-refractivity contribution < 1.29 is 44.2 Å². The number of methoxy groups -OCH3 is 1. The Hall–Kier alpha value is -4.00. The Morgan fingerprint density at radius 2 is 1.50 bits per heavy atom. The van der Waals surface area contributed by atoms with Crippen LogP contribution in [0.3, 0.4) is 0 Å². The first-order valence-corrected chi connectivity index (χ1v) is 12.6. The number of aromatic hydroxyl groups is 2. The summed E-state index contributed by atoms with van der Waals surface area (Å²) in [7, 11) is 3.18. The Bertz CT molecular complexity index is 1540. The zero-order chi connectivity index (χ0) is 28.5.